The van der Waals surface area contributed by atoms with Gasteiger partial charge in [-0.05, 0) is 43.4 Å². The van der Waals surface area contributed by atoms with E-state index in [1.54, 1.807) is 0 Å². The number of hydrogen-bond acceptors (Lipinski definition) is 2. The highest BCUT2D eigenvalue weighted by Crippen LogP contribution is 2.19. The standard InChI is InChI=1S/C17H22N2O3/c1-12-6-7-14-13(11-19-15(14)10-12)8-9-18-16(20)4-2-3-5-17(21)22/h6-7,10-11,19H,2-5,8-9H2,1H3,(H,18,20)(H,21,22). The van der Waals surface area contributed by atoms with Crippen molar-refractivity contribution in [2.75, 3.05) is 6.54 Å². The Morgan fingerprint density at radius 3 is 2.77 bits per heavy atom. The van der Waals surface area contributed by atoms with Crippen LogP contribution < -0.4 is 5.32 Å². The number of H-pyrrole nitrogens is 1. The van der Waals surface area contributed by atoms with E-state index >= 15 is 0 Å². The van der Waals surface area contributed by atoms with E-state index in [9.17, 15) is 9.59 Å². The predicted molar refractivity (Wildman–Crippen MR) is 85.9 cm³/mol. The van der Waals surface area contributed by atoms with Crippen LogP contribution in [0.2, 0.25) is 0 Å². The molecule has 2 rings (SSSR count). The number of amides is 1. The number of fused-ring (bicyclic) bond motifs is 1. The summed E-state index contributed by atoms with van der Waals surface area (Å²) in [6.07, 6.45) is 4.45. The number of aryl methyl sites for hydroxylation is 1. The van der Waals surface area contributed by atoms with Crippen LogP contribution in [0.25, 0.3) is 10.9 Å². The third-order valence-corrected chi connectivity index (χ3v) is 3.68. The van der Waals surface area contributed by atoms with Crippen molar-refractivity contribution in [3.63, 3.8) is 0 Å². The maximum absolute atomic E-state index is 11.7. The van der Waals surface area contributed by atoms with Gasteiger partial charge in [-0.15, -0.1) is 0 Å². The molecule has 2 aromatic rings. The lowest BCUT2D eigenvalue weighted by atomic mass is 10.1. The van der Waals surface area contributed by atoms with Gasteiger partial charge in [-0.25, -0.2) is 0 Å². The molecule has 5 nitrogen and oxygen atoms in total. The largest absolute Gasteiger partial charge is 0.481 e. The van der Waals surface area contributed by atoms with Crippen LogP contribution in [-0.4, -0.2) is 28.5 Å². The van der Waals surface area contributed by atoms with Gasteiger partial charge in [-0.3, -0.25) is 9.59 Å². The van der Waals surface area contributed by atoms with Gasteiger partial charge in [-0.2, -0.15) is 0 Å². The average Bonchev–Trinajstić information content (AvgIpc) is 2.86. The number of carbonyl (C=O) groups excluding carboxylic acids is 1. The monoisotopic (exact) mass is 302 g/mol. The van der Waals surface area contributed by atoms with E-state index in [0.29, 0.717) is 25.8 Å². The number of carboxylic acids is 1. The Kier molecular flexibility index (Phi) is 5.58. The third-order valence-electron chi connectivity index (χ3n) is 3.68. The molecule has 118 valence electrons. The molecule has 1 amide bonds. The molecule has 0 aliphatic carbocycles. The van der Waals surface area contributed by atoms with Gasteiger partial charge in [-0.1, -0.05) is 12.1 Å². The van der Waals surface area contributed by atoms with Crippen LogP contribution in [0.4, 0.5) is 0 Å². The number of hydrogen-bond donors (Lipinski definition) is 3. The zero-order valence-corrected chi connectivity index (χ0v) is 12.8. The van der Waals surface area contributed by atoms with Crippen LogP contribution in [0.1, 0.15) is 36.8 Å². The Labute approximate surface area is 129 Å². The lowest BCUT2D eigenvalue weighted by Gasteiger charge is -2.04. The van der Waals surface area contributed by atoms with Gasteiger partial charge >= 0.3 is 5.97 Å². The Morgan fingerprint density at radius 2 is 2.00 bits per heavy atom. The fourth-order valence-electron chi connectivity index (χ4n) is 2.49. The second-order valence-electron chi connectivity index (χ2n) is 5.56. The lowest BCUT2D eigenvalue weighted by molar-refractivity contribution is -0.137. The first-order valence-electron chi connectivity index (χ1n) is 7.61. The molecular weight excluding hydrogens is 280 g/mol. The van der Waals surface area contributed by atoms with Gasteiger partial charge in [0.2, 0.25) is 5.91 Å². The third kappa shape index (κ3) is 4.62. The summed E-state index contributed by atoms with van der Waals surface area (Å²) in [5.41, 5.74) is 3.53. The molecule has 0 saturated carbocycles. The molecule has 0 aliphatic heterocycles. The van der Waals surface area contributed by atoms with Crippen LogP contribution in [0.3, 0.4) is 0 Å². The van der Waals surface area contributed by atoms with Gasteiger partial charge in [0, 0.05) is 36.5 Å². The number of carbonyl (C=O) groups is 2. The van der Waals surface area contributed by atoms with Gasteiger partial charge in [0.1, 0.15) is 0 Å². The average molecular weight is 302 g/mol. The number of aromatic amines is 1. The first-order chi connectivity index (χ1) is 10.6. The summed E-state index contributed by atoms with van der Waals surface area (Å²) >= 11 is 0. The topological polar surface area (TPSA) is 82.2 Å². The van der Waals surface area contributed by atoms with E-state index in [2.05, 4.69) is 35.4 Å². The first-order valence-corrected chi connectivity index (χ1v) is 7.61. The summed E-state index contributed by atoms with van der Waals surface area (Å²) in [5, 5.41) is 12.6. The SMILES string of the molecule is Cc1ccc2c(CCNC(=O)CCCCC(=O)O)c[nH]c2c1. The molecule has 3 N–H and O–H groups in total. The second kappa shape index (κ2) is 7.64. The maximum atomic E-state index is 11.7. The molecule has 0 spiro atoms. The van der Waals surface area contributed by atoms with Gasteiger partial charge in [0.25, 0.3) is 0 Å². The number of aliphatic carboxylic acids is 1. The Morgan fingerprint density at radius 1 is 1.23 bits per heavy atom. The maximum Gasteiger partial charge on any atom is 0.303 e. The van der Waals surface area contributed by atoms with Gasteiger partial charge < -0.3 is 15.4 Å². The highest BCUT2D eigenvalue weighted by molar-refractivity contribution is 5.84. The van der Waals surface area contributed by atoms with Crippen LogP contribution in [-0.2, 0) is 16.0 Å². The van der Waals surface area contributed by atoms with Gasteiger partial charge in [0.05, 0.1) is 0 Å². The minimum atomic E-state index is -0.810. The molecule has 0 bridgehead atoms. The fourth-order valence-corrected chi connectivity index (χ4v) is 2.49. The molecule has 1 heterocycles. The Hall–Kier alpha value is -2.30. The van der Waals surface area contributed by atoms with Crippen LogP contribution in [0.5, 0.6) is 0 Å². The number of aromatic nitrogens is 1. The molecule has 0 fully saturated rings. The summed E-state index contributed by atoms with van der Waals surface area (Å²) in [4.78, 5) is 25.3. The van der Waals surface area contributed by atoms with E-state index < -0.39 is 5.97 Å². The fraction of sp³-hybridized carbons (Fsp3) is 0.412. The van der Waals surface area contributed by atoms with Crippen molar-refractivity contribution in [3.05, 3.63) is 35.5 Å². The van der Waals surface area contributed by atoms with Crippen molar-refractivity contribution in [3.8, 4) is 0 Å². The molecule has 22 heavy (non-hydrogen) atoms. The molecule has 0 atom stereocenters. The zero-order chi connectivity index (χ0) is 15.9. The summed E-state index contributed by atoms with van der Waals surface area (Å²) in [6, 6.07) is 6.30. The van der Waals surface area contributed by atoms with Crippen molar-refractivity contribution in [1.29, 1.82) is 0 Å². The number of benzene rings is 1. The van der Waals surface area contributed by atoms with Crippen molar-refractivity contribution < 1.29 is 14.7 Å². The van der Waals surface area contributed by atoms with E-state index in [-0.39, 0.29) is 12.3 Å². The number of rotatable bonds is 8. The van der Waals surface area contributed by atoms with E-state index in [1.165, 1.54) is 16.5 Å². The number of nitrogens with one attached hydrogen (secondary N) is 2. The number of unbranched alkanes of at least 4 members (excludes halogenated alkanes) is 1. The quantitative estimate of drug-likeness (QED) is 0.656. The van der Waals surface area contributed by atoms with Crippen molar-refractivity contribution >= 4 is 22.8 Å². The summed E-state index contributed by atoms with van der Waals surface area (Å²) in [7, 11) is 0. The predicted octanol–water partition coefficient (Wildman–Crippen LogP) is 2.78. The van der Waals surface area contributed by atoms with Crippen LogP contribution >= 0.6 is 0 Å². The van der Waals surface area contributed by atoms with E-state index in [1.807, 2.05) is 6.20 Å². The summed E-state index contributed by atoms with van der Waals surface area (Å²) < 4.78 is 0. The lowest BCUT2D eigenvalue weighted by Crippen LogP contribution is -2.25. The van der Waals surface area contributed by atoms with Crippen molar-refractivity contribution in [2.24, 2.45) is 0 Å². The van der Waals surface area contributed by atoms with Crippen LogP contribution in [0, 0.1) is 6.92 Å². The first kappa shape index (κ1) is 16.1. The summed E-state index contributed by atoms with van der Waals surface area (Å²) in [6.45, 7) is 2.66. The van der Waals surface area contributed by atoms with Crippen molar-refractivity contribution in [1.82, 2.24) is 10.3 Å². The van der Waals surface area contributed by atoms with Gasteiger partial charge in [0.15, 0.2) is 0 Å². The second-order valence-corrected chi connectivity index (χ2v) is 5.56. The Bertz CT molecular complexity index is 661. The molecule has 5 heteroatoms. The molecule has 1 aromatic heterocycles. The normalized spacial score (nSPS) is 10.8. The van der Waals surface area contributed by atoms with Crippen molar-refractivity contribution in [2.45, 2.75) is 39.0 Å². The molecular formula is C17H22N2O3. The summed E-state index contributed by atoms with van der Waals surface area (Å²) in [5.74, 6) is -0.823. The minimum absolute atomic E-state index is 0.0129. The van der Waals surface area contributed by atoms with Crippen LogP contribution in [0.15, 0.2) is 24.4 Å². The van der Waals surface area contributed by atoms with E-state index in [0.717, 1.165) is 11.9 Å². The molecule has 0 saturated heterocycles. The zero-order valence-electron chi connectivity index (χ0n) is 12.8. The minimum Gasteiger partial charge on any atom is -0.481 e. The smallest absolute Gasteiger partial charge is 0.303 e. The highest BCUT2D eigenvalue weighted by Gasteiger charge is 2.06. The van der Waals surface area contributed by atoms with E-state index in [4.69, 9.17) is 5.11 Å². The Balaban J connectivity index is 1.73. The molecule has 1 aromatic carbocycles. The number of carboxylic acid groups (broad SMARTS) is 1. The molecule has 0 aliphatic rings. The molecule has 0 radical (unpaired) electrons. The molecule has 0 unspecified atom stereocenters. The highest BCUT2D eigenvalue weighted by atomic mass is 16.4.